The van der Waals surface area contributed by atoms with Gasteiger partial charge in [-0.15, -0.1) is 11.3 Å². The van der Waals surface area contributed by atoms with Gasteiger partial charge in [-0.25, -0.2) is 0 Å². The molecule has 1 N–H and O–H groups in total. The minimum Gasteiger partial charge on any atom is -0.381 e. The van der Waals surface area contributed by atoms with Gasteiger partial charge in [0.15, 0.2) is 0 Å². The second kappa shape index (κ2) is 9.33. The average Bonchev–Trinajstić information content (AvgIpc) is 3.44. The Bertz CT molecular complexity index is 924. The van der Waals surface area contributed by atoms with E-state index in [1.165, 1.54) is 0 Å². The third-order valence-corrected chi connectivity index (χ3v) is 6.36. The molecule has 0 aliphatic heterocycles. The van der Waals surface area contributed by atoms with Crippen LogP contribution in [0.1, 0.15) is 25.7 Å². The van der Waals surface area contributed by atoms with E-state index in [0.717, 1.165) is 47.5 Å². The lowest BCUT2D eigenvalue weighted by molar-refractivity contribution is -0.127. The molecule has 0 aromatic carbocycles. The Hall–Kier alpha value is -2.51. The van der Waals surface area contributed by atoms with Crippen LogP contribution in [0.25, 0.3) is 21.8 Å². The number of aromatic nitrogens is 3. The van der Waals surface area contributed by atoms with Crippen LogP contribution in [0.15, 0.2) is 48.1 Å². The Morgan fingerprint density at radius 3 is 3.00 bits per heavy atom. The molecule has 0 bridgehead atoms. The van der Waals surface area contributed by atoms with Crippen molar-refractivity contribution in [3.05, 3.63) is 48.1 Å². The van der Waals surface area contributed by atoms with Gasteiger partial charge in [-0.05, 0) is 42.8 Å². The van der Waals surface area contributed by atoms with E-state index in [4.69, 9.17) is 4.74 Å². The van der Waals surface area contributed by atoms with Gasteiger partial charge in [-0.2, -0.15) is 5.10 Å². The molecule has 3 aromatic heterocycles. The molecule has 1 fully saturated rings. The summed E-state index contributed by atoms with van der Waals surface area (Å²) in [6.45, 7) is 1.17. The van der Waals surface area contributed by atoms with E-state index in [0.29, 0.717) is 13.1 Å². The number of thiophene rings is 1. The van der Waals surface area contributed by atoms with Crippen LogP contribution < -0.4 is 5.32 Å². The highest BCUT2D eigenvalue weighted by molar-refractivity contribution is 7.13. The Balaban J connectivity index is 1.45. The van der Waals surface area contributed by atoms with E-state index in [1.807, 2.05) is 35.1 Å². The monoisotopic (exact) mass is 410 g/mol. The summed E-state index contributed by atoms with van der Waals surface area (Å²) in [5.41, 5.74) is 2.96. The first-order valence-corrected chi connectivity index (χ1v) is 11.0. The van der Waals surface area contributed by atoms with E-state index < -0.39 is 0 Å². The molecule has 7 heteroatoms. The van der Waals surface area contributed by atoms with Gasteiger partial charge < -0.3 is 10.1 Å². The van der Waals surface area contributed by atoms with E-state index in [2.05, 4.69) is 26.8 Å². The SMILES string of the molecule is CO[C@@H]1CCC[C@H](C(=O)NCCn2ncc(-c3ccccn3)c2-c2cccs2)C1. The first-order valence-electron chi connectivity index (χ1n) is 10.1. The zero-order chi connectivity index (χ0) is 20.1. The minimum atomic E-state index is 0.0483. The van der Waals surface area contributed by atoms with Crippen molar-refractivity contribution in [3.63, 3.8) is 0 Å². The lowest BCUT2D eigenvalue weighted by atomic mass is 9.86. The van der Waals surface area contributed by atoms with E-state index in [1.54, 1.807) is 24.6 Å². The number of pyridine rings is 1. The molecule has 3 heterocycles. The third kappa shape index (κ3) is 4.57. The number of carbonyl (C=O) groups excluding carboxylic acids is 1. The fourth-order valence-corrected chi connectivity index (χ4v) is 4.75. The number of carbonyl (C=O) groups is 1. The Morgan fingerprint density at radius 2 is 2.24 bits per heavy atom. The van der Waals surface area contributed by atoms with Crippen molar-refractivity contribution in [1.82, 2.24) is 20.1 Å². The van der Waals surface area contributed by atoms with E-state index >= 15 is 0 Å². The highest BCUT2D eigenvalue weighted by atomic mass is 32.1. The van der Waals surface area contributed by atoms with Crippen molar-refractivity contribution in [2.75, 3.05) is 13.7 Å². The lowest BCUT2D eigenvalue weighted by Gasteiger charge is -2.27. The summed E-state index contributed by atoms with van der Waals surface area (Å²) >= 11 is 1.68. The van der Waals surface area contributed by atoms with Crippen LogP contribution in [-0.2, 0) is 16.1 Å². The number of methoxy groups -OCH3 is 1. The Labute approximate surface area is 174 Å². The molecular weight excluding hydrogens is 384 g/mol. The average molecular weight is 411 g/mol. The number of hydrogen-bond acceptors (Lipinski definition) is 5. The van der Waals surface area contributed by atoms with E-state index in [9.17, 15) is 4.79 Å². The lowest BCUT2D eigenvalue weighted by Crippen LogP contribution is -2.37. The molecule has 4 rings (SSSR count). The number of nitrogens with zero attached hydrogens (tertiary/aromatic N) is 3. The molecule has 29 heavy (non-hydrogen) atoms. The van der Waals surface area contributed by atoms with Crippen LogP contribution in [0.4, 0.5) is 0 Å². The second-order valence-corrected chi connectivity index (χ2v) is 8.28. The third-order valence-electron chi connectivity index (χ3n) is 5.49. The van der Waals surface area contributed by atoms with Crippen molar-refractivity contribution in [3.8, 4) is 21.8 Å². The van der Waals surface area contributed by atoms with Crippen LogP contribution in [0.2, 0.25) is 0 Å². The molecule has 6 nitrogen and oxygen atoms in total. The smallest absolute Gasteiger partial charge is 0.223 e. The molecule has 152 valence electrons. The highest BCUT2D eigenvalue weighted by Gasteiger charge is 2.27. The maximum Gasteiger partial charge on any atom is 0.223 e. The van der Waals surface area contributed by atoms with Gasteiger partial charge in [0.2, 0.25) is 5.91 Å². The molecule has 1 saturated carbocycles. The zero-order valence-electron chi connectivity index (χ0n) is 16.6. The summed E-state index contributed by atoms with van der Waals surface area (Å²) < 4.78 is 7.42. The second-order valence-electron chi connectivity index (χ2n) is 7.33. The maximum absolute atomic E-state index is 12.6. The molecule has 2 atom stereocenters. The van der Waals surface area contributed by atoms with Crippen molar-refractivity contribution >= 4 is 17.2 Å². The van der Waals surface area contributed by atoms with Gasteiger partial charge in [-0.3, -0.25) is 14.5 Å². The van der Waals surface area contributed by atoms with Crippen LogP contribution in [-0.4, -0.2) is 40.4 Å². The predicted octanol–water partition coefficient (Wildman–Crippen LogP) is 4.00. The van der Waals surface area contributed by atoms with Crippen LogP contribution in [0.3, 0.4) is 0 Å². The quantitative estimate of drug-likeness (QED) is 0.639. The number of amides is 1. The van der Waals surface area contributed by atoms with Crippen molar-refractivity contribution in [2.24, 2.45) is 5.92 Å². The normalized spacial score (nSPS) is 19.2. The van der Waals surface area contributed by atoms with E-state index in [-0.39, 0.29) is 17.9 Å². The molecule has 0 radical (unpaired) electrons. The fraction of sp³-hybridized carbons (Fsp3) is 0.409. The predicted molar refractivity (Wildman–Crippen MR) is 115 cm³/mol. The van der Waals surface area contributed by atoms with Gasteiger partial charge in [0.05, 0.1) is 35.1 Å². The summed E-state index contributed by atoms with van der Waals surface area (Å²) in [5, 5.41) is 9.76. The Morgan fingerprint density at radius 1 is 1.31 bits per heavy atom. The molecule has 1 amide bonds. The van der Waals surface area contributed by atoms with Crippen LogP contribution >= 0.6 is 11.3 Å². The van der Waals surface area contributed by atoms with Crippen molar-refractivity contribution in [1.29, 1.82) is 0 Å². The minimum absolute atomic E-state index is 0.0483. The van der Waals surface area contributed by atoms with Crippen molar-refractivity contribution < 1.29 is 9.53 Å². The van der Waals surface area contributed by atoms with Crippen LogP contribution in [0, 0.1) is 5.92 Å². The first-order chi connectivity index (χ1) is 14.3. The molecule has 0 spiro atoms. The van der Waals surface area contributed by atoms with Crippen LogP contribution in [0.5, 0.6) is 0 Å². The number of hydrogen-bond donors (Lipinski definition) is 1. The largest absolute Gasteiger partial charge is 0.381 e. The highest BCUT2D eigenvalue weighted by Crippen LogP contribution is 2.33. The van der Waals surface area contributed by atoms with Gasteiger partial charge in [0, 0.05) is 31.3 Å². The summed E-state index contributed by atoms with van der Waals surface area (Å²) in [5.74, 6) is 0.175. The van der Waals surface area contributed by atoms with Gasteiger partial charge in [0.1, 0.15) is 0 Å². The zero-order valence-corrected chi connectivity index (χ0v) is 17.4. The first kappa shape index (κ1) is 19.8. The summed E-state index contributed by atoms with van der Waals surface area (Å²) in [6.07, 6.45) is 7.72. The topological polar surface area (TPSA) is 69.0 Å². The molecule has 1 aliphatic carbocycles. The Kier molecular flexibility index (Phi) is 6.36. The maximum atomic E-state index is 12.6. The number of nitrogens with one attached hydrogen (secondary N) is 1. The molecule has 1 aliphatic rings. The molecule has 3 aromatic rings. The van der Waals surface area contributed by atoms with Crippen molar-refractivity contribution in [2.45, 2.75) is 38.3 Å². The molecule has 0 saturated heterocycles. The number of ether oxygens (including phenoxy) is 1. The summed E-state index contributed by atoms with van der Waals surface area (Å²) in [4.78, 5) is 18.2. The van der Waals surface area contributed by atoms with Gasteiger partial charge in [0.25, 0.3) is 0 Å². The summed E-state index contributed by atoms with van der Waals surface area (Å²) in [7, 11) is 1.73. The molecular formula is C22H26N4O2S. The fourth-order valence-electron chi connectivity index (χ4n) is 3.96. The standard InChI is InChI=1S/C22H26N4O2S/c1-28-17-7-4-6-16(14-17)22(27)24-11-12-26-21(20-9-5-13-29-20)18(15-25-26)19-8-2-3-10-23-19/h2-3,5,8-10,13,15-17H,4,6-7,11-12,14H2,1H3,(H,24,27)/t16-,17+/m0/s1. The number of rotatable bonds is 7. The van der Waals surface area contributed by atoms with Gasteiger partial charge >= 0.3 is 0 Å². The molecule has 0 unspecified atom stereocenters. The summed E-state index contributed by atoms with van der Waals surface area (Å²) in [6, 6.07) is 10.0. The van der Waals surface area contributed by atoms with Gasteiger partial charge in [-0.1, -0.05) is 18.6 Å².